The van der Waals surface area contributed by atoms with Crippen molar-refractivity contribution in [1.82, 2.24) is 19.8 Å². The van der Waals surface area contributed by atoms with Gasteiger partial charge in [-0.25, -0.2) is 9.97 Å². The minimum absolute atomic E-state index is 0.454. The van der Waals surface area contributed by atoms with Gasteiger partial charge < -0.3 is 24.2 Å². The van der Waals surface area contributed by atoms with Crippen molar-refractivity contribution in [3.63, 3.8) is 0 Å². The molecule has 0 N–H and O–H groups in total. The second-order valence-corrected chi connectivity index (χ2v) is 12.0. The minimum Gasteiger partial charge on any atom is -0.493 e. The number of aromatic nitrogens is 2. The van der Waals surface area contributed by atoms with Crippen molar-refractivity contribution in [2.24, 2.45) is 0 Å². The summed E-state index contributed by atoms with van der Waals surface area (Å²) < 4.78 is 12.1. The molecule has 1 aromatic heterocycles. The SMILES string of the molecule is COc1cc2c(N(C)C3CCN(C(C)C)CC3)nc(C3CCCCC3)nc2cc1OCCCN1CCCC1. The molecular weight excluding hydrogens is 474 g/mol. The quantitative estimate of drug-likeness (QED) is 0.362. The molecule has 0 bridgehead atoms. The fourth-order valence-corrected chi connectivity index (χ4v) is 6.66. The number of ether oxygens (including phenoxy) is 2. The lowest BCUT2D eigenvalue weighted by Crippen LogP contribution is -2.46. The molecule has 2 saturated heterocycles. The van der Waals surface area contributed by atoms with Crippen LogP contribution < -0.4 is 14.4 Å². The average molecular weight is 524 g/mol. The van der Waals surface area contributed by atoms with Gasteiger partial charge in [0, 0.05) is 56.1 Å². The summed E-state index contributed by atoms with van der Waals surface area (Å²) >= 11 is 0. The Hall–Kier alpha value is -2.12. The molecule has 38 heavy (non-hydrogen) atoms. The Morgan fingerprint density at radius 2 is 1.66 bits per heavy atom. The fourth-order valence-electron chi connectivity index (χ4n) is 6.66. The lowest BCUT2D eigenvalue weighted by atomic mass is 9.88. The van der Waals surface area contributed by atoms with Crippen molar-refractivity contribution in [3.05, 3.63) is 18.0 Å². The zero-order valence-electron chi connectivity index (χ0n) is 24.3. The standard InChI is InChI=1S/C31H49N5O2/c1-23(2)36-18-13-25(14-19-36)34(3)31-26-21-28(37-4)29(38-20-10-17-35-15-8-9-16-35)22-27(26)32-30(33-31)24-11-6-5-7-12-24/h21-25H,5-20H2,1-4H3. The van der Waals surface area contributed by atoms with Crippen LogP contribution in [0.4, 0.5) is 5.82 Å². The fraction of sp³-hybridized carbons (Fsp3) is 0.742. The number of piperidine rings is 1. The molecule has 2 aromatic rings. The predicted molar refractivity (Wildman–Crippen MR) is 156 cm³/mol. The Labute approximate surface area is 229 Å². The highest BCUT2D eigenvalue weighted by molar-refractivity contribution is 5.92. The van der Waals surface area contributed by atoms with E-state index in [0.717, 1.165) is 72.9 Å². The van der Waals surface area contributed by atoms with Crippen LogP contribution in [0.5, 0.6) is 11.5 Å². The number of likely N-dealkylation sites (tertiary alicyclic amines) is 2. The van der Waals surface area contributed by atoms with Gasteiger partial charge in [-0.15, -0.1) is 0 Å². The molecule has 3 aliphatic rings. The summed E-state index contributed by atoms with van der Waals surface area (Å²) in [6.07, 6.45) is 12.3. The van der Waals surface area contributed by atoms with E-state index in [2.05, 4.69) is 47.7 Å². The van der Waals surface area contributed by atoms with E-state index in [1.54, 1.807) is 7.11 Å². The Morgan fingerprint density at radius 1 is 0.921 bits per heavy atom. The molecule has 7 nitrogen and oxygen atoms in total. The molecule has 3 fully saturated rings. The first-order chi connectivity index (χ1) is 18.5. The van der Waals surface area contributed by atoms with Gasteiger partial charge in [0.2, 0.25) is 0 Å². The molecule has 3 heterocycles. The number of hydrogen-bond acceptors (Lipinski definition) is 7. The molecule has 0 atom stereocenters. The number of fused-ring (bicyclic) bond motifs is 1. The number of nitrogens with zero attached hydrogens (tertiary/aromatic N) is 5. The summed E-state index contributed by atoms with van der Waals surface area (Å²) in [5, 5.41) is 1.07. The molecule has 1 saturated carbocycles. The number of methoxy groups -OCH3 is 1. The van der Waals surface area contributed by atoms with Gasteiger partial charge in [-0.1, -0.05) is 19.3 Å². The highest BCUT2D eigenvalue weighted by Gasteiger charge is 2.28. The molecule has 210 valence electrons. The van der Waals surface area contributed by atoms with Crippen molar-refractivity contribution >= 4 is 16.7 Å². The van der Waals surface area contributed by atoms with Crippen LogP contribution in [0.25, 0.3) is 10.9 Å². The third-order valence-electron chi connectivity index (χ3n) is 9.13. The van der Waals surface area contributed by atoms with Crippen LogP contribution >= 0.6 is 0 Å². The van der Waals surface area contributed by atoms with E-state index in [9.17, 15) is 0 Å². The summed E-state index contributed by atoms with van der Waals surface area (Å²) in [6, 6.07) is 5.31. The summed E-state index contributed by atoms with van der Waals surface area (Å²) in [6.45, 7) is 11.1. The first-order valence-electron chi connectivity index (χ1n) is 15.2. The zero-order chi connectivity index (χ0) is 26.5. The van der Waals surface area contributed by atoms with Gasteiger partial charge in [-0.05, 0) is 77.9 Å². The van der Waals surface area contributed by atoms with Crippen LogP contribution in [0.2, 0.25) is 0 Å². The molecule has 7 heteroatoms. The first-order valence-corrected chi connectivity index (χ1v) is 15.2. The van der Waals surface area contributed by atoms with Crippen molar-refractivity contribution in [3.8, 4) is 11.5 Å². The molecular formula is C31H49N5O2. The number of anilines is 1. The first kappa shape index (κ1) is 27.4. The summed E-state index contributed by atoms with van der Waals surface area (Å²) in [5.74, 6) is 4.10. The van der Waals surface area contributed by atoms with E-state index in [1.165, 1.54) is 58.0 Å². The van der Waals surface area contributed by atoms with Crippen molar-refractivity contribution in [2.45, 2.75) is 96.1 Å². The van der Waals surface area contributed by atoms with Gasteiger partial charge >= 0.3 is 0 Å². The van der Waals surface area contributed by atoms with Crippen LogP contribution in [0.3, 0.4) is 0 Å². The van der Waals surface area contributed by atoms with E-state index in [1.807, 2.05) is 0 Å². The molecule has 0 radical (unpaired) electrons. The van der Waals surface area contributed by atoms with Crippen LogP contribution in [-0.4, -0.2) is 85.3 Å². The van der Waals surface area contributed by atoms with E-state index in [0.29, 0.717) is 24.6 Å². The monoisotopic (exact) mass is 523 g/mol. The number of rotatable bonds is 10. The lowest BCUT2D eigenvalue weighted by molar-refractivity contribution is 0.171. The minimum atomic E-state index is 0.454. The average Bonchev–Trinajstić information content (AvgIpc) is 3.48. The highest BCUT2D eigenvalue weighted by Crippen LogP contribution is 2.39. The van der Waals surface area contributed by atoms with Crippen LogP contribution in [0.15, 0.2) is 12.1 Å². The third kappa shape index (κ3) is 6.36. The predicted octanol–water partition coefficient (Wildman–Crippen LogP) is 5.86. The molecule has 2 aliphatic heterocycles. The molecule has 5 rings (SSSR count). The van der Waals surface area contributed by atoms with Gasteiger partial charge in [0.1, 0.15) is 11.6 Å². The van der Waals surface area contributed by atoms with E-state index in [-0.39, 0.29) is 0 Å². The summed E-state index contributed by atoms with van der Waals surface area (Å²) in [7, 11) is 3.97. The number of hydrogen-bond donors (Lipinski definition) is 0. The van der Waals surface area contributed by atoms with E-state index < -0.39 is 0 Å². The van der Waals surface area contributed by atoms with E-state index >= 15 is 0 Å². The Morgan fingerprint density at radius 3 is 2.34 bits per heavy atom. The maximum atomic E-state index is 6.30. The lowest BCUT2D eigenvalue weighted by Gasteiger charge is -2.39. The van der Waals surface area contributed by atoms with Gasteiger partial charge in [-0.3, -0.25) is 0 Å². The normalized spacial score (nSPS) is 20.4. The van der Waals surface area contributed by atoms with E-state index in [4.69, 9.17) is 19.4 Å². The second-order valence-electron chi connectivity index (χ2n) is 12.0. The summed E-state index contributed by atoms with van der Waals surface area (Å²) in [4.78, 5) is 18.0. The van der Waals surface area contributed by atoms with Gasteiger partial charge in [0.05, 0.1) is 19.2 Å². The maximum Gasteiger partial charge on any atom is 0.163 e. The zero-order valence-corrected chi connectivity index (χ0v) is 24.3. The van der Waals surface area contributed by atoms with Crippen molar-refractivity contribution < 1.29 is 9.47 Å². The molecule has 0 amide bonds. The third-order valence-corrected chi connectivity index (χ3v) is 9.13. The highest BCUT2D eigenvalue weighted by atomic mass is 16.5. The van der Waals surface area contributed by atoms with Crippen LogP contribution in [0, 0.1) is 0 Å². The van der Waals surface area contributed by atoms with Crippen molar-refractivity contribution in [2.75, 3.05) is 58.4 Å². The topological polar surface area (TPSA) is 54.0 Å². The molecule has 1 aliphatic carbocycles. The van der Waals surface area contributed by atoms with Crippen LogP contribution in [0.1, 0.15) is 89.8 Å². The molecule has 1 aromatic carbocycles. The summed E-state index contributed by atoms with van der Waals surface area (Å²) in [5.41, 5.74) is 0.984. The Kier molecular flexibility index (Phi) is 9.26. The molecule has 0 spiro atoms. The number of benzene rings is 1. The maximum absolute atomic E-state index is 6.30. The van der Waals surface area contributed by atoms with Gasteiger partial charge in [0.15, 0.2) is 11.5 Å². The van der Waals surface area contributed by atoms with Gasteiger partial charge in [0.25, 0.3) is 0 Å². The van der Waals surface area contributed by atoms with Crippen molar-refractivity contribution in [1.29, 1.82) is 0 Å². The van der Waals surface area contributed by atoms with Crippen LogP contribution in [-0.2, 0) is 0 Å². The Balaban J connectivity index is 1.41. The Bertz CT molecular complexity index is 1040. The second kappa shape index (κ2) is 12.8. The largest absolute Gasteiger partial charge is 0.493 e. The molecule has 0 unspecified atom stereocenters. The smallest absolute Gasteiger partial charge is 0.163 e. The van der Waals surface area contributed by atoms with Gasteiger partial charge in [-0.2, -0.15) is 0 Å².